The Hall–Kier alpha value is -2.47. The van der Waals surface area contributed by atoms with Gasteiger partial charge in [0.1, 0.15) is 5.75 Å². The van der Waals surface area contributed by atoms with Crippen molar-refractivity contribution < 1.29 is 28.5 Å². The average Bonchev–Trinajstić information content (AvgIpc) is 2.81. The third kappa shape index (κ3) is 9.50. The Labute approximate surface area is 201 Å². The molecule has 0 aromatic heterocycles. The highest BCUT2D eigenvalue weighted by molar-refractivity contribution is 6.33. The molecule has 2 rings (SSSR count). The number of halogens is 1. The zero-order chi connectivity index (χ0) is 23.9. The van der Waals surface area contributed by atoms with Crippen LogP contribution in [-0.2, 0) is 9.47 Å². The Morgan fingerprint density at radius 1 is 0.727 bits per heavy atom. The van der Waals surface area contributed by atoms with Gasteiger partial charge in [0, 0.05) is 16.8 Å². The van der Waals surface area contributed by atoms with Crippen molar-refractivity contribution in [2.24, 2.45) is 0 Å². The predicted molar refractivity (Wildman–Crippen MR) is 130 cm³/mol. The molecule has 0 saturated carbocycles. The van der Waals surface area contributed by atoms with Gasteiger partial charge in [-0.15, -0.1) is 0 Å². The van der Waals surface area contributed by atoms with E-state index < -0.39 is 12.3 Å². The molecule has 0 unspecified atom stereocenters. The summed E-state index contributed by atoms with van der Waals surface area (Å²) in [6.45, 7) is 4.90. The minimum absolute atomic E-state index is 0.135. The smallest absolute Gasteiger partial charge is 0.434 e. The van der Waals surface area contributed by atoms with Gasteiger partial charge in [-0.05, 0) is 12.8 Å². The molecule has 2 aromatic rings. The molecule has 0 spiro atoms. The minimum Gasteiger partial charge on any atom is -0.434 e. The summed E-state index contributed by atoms with van der Waals surface area (Å²) in [7, 11) is 0. The fraction of sp³-hybridized carbons (Fsp3) is 0.538. The molecule has 0 aliphatic heterocycles. The average molecular weight is 479 g/mol. The summed E-state index contributed by atoms with van der Waals surface area (Å²) >= 11 is 6.36. The lowest BCUT2D eigenvalue weighted by Gasteiger charge is -2.13. The highest BCUT2D eigenvalue weighted by Crippen LogP contribution is 2.40. The topological polar surface area (TPSA) is 71.1 Å². The SMILES string of the molecule is CCCCCCCOC(=O)Oc1cc(Cl)c(OC(=O)OCCCCCCC)c2ccccc12. The fourth-order valence-corrected chi connectivity index (χ4v) is 3.66. The lowest BCUT2D eigenvalue weighted by molar-refractivity contribution is 0.0958. The van der Waals surface area contributed by atoms with Crippen LogP contribution >= 0.6 is 11.6 Å². The summed E-state index contributed by atoms with van der Waals surface area (Å²) in [4.78, 5) is 24.3. The van der Waals surface area contributed by atoms with Crippen LogP contribution in [-0.4, -0.2) is 25.5 Å². The van der Waals surface area contributed by atoms with E-state index in [0.29, 0.717) is 24.0 Å². The standard InChI is InChI=1S/C26H35ClO6/c1-3-5-7-9-13-17-30-25(28)32-23-19-22(27)24(21-16-12-11-15-20(21)23)33-26(29)31-18-14-10-8-6-4-2/h11-12,15-16,19H,3-10,13-14,17-18H2,1-2H3. The molecular weight excluding hydrogens is 444 g/mol. The molecule has 0 N–H and O–H groups in total. The van der Waals surface area contributed by atoms with Crippen molar-refractivity contribution in [1.29, 1.82) is 0 Å². The van der Waals surface area contributed by atoms with E-state index in [2.05, 4.69) is 13.8 Å². The first-order valence-electron chi connectivity index (χ1n) is 12.0. The van der Waals surface area contributed by atoms with Crippen LogP contribution in [0.25, 0.3) is 10.8 Å². The Bertz CT molecular complexity index is 882. The van der Waals surface area contributed by atoms with Gasteiger partial charge in [0.2, 0.25) is 0 Å². The van der Waals surface area contributed by atoms with Crippen molar-refractivity contribution in [2.75, 3.05) is 13.2 Å². The van der Waals surface area contributed by atoms with Crippen LogP contribution < -0.4 is 9.47 Å². The second-order valence-electron chi connectivity index (χ2n) is 7.96. The maximum absolute atomic E-state index is 12.2. The van der Waals surface area contributed by atoms with Crippen LogP contribution in [0.5, 0.6) is 11.5 Å². The summed E-state index contributed by atoms with van der Waals surface area (Å²) in [5.41, 5.74) is 0. The lowest BCUT2D eigenvalue weighted by atomic mass is 10.1. The van der Waals surface area contributed by atoms with E-state index in [-0.39, 0.29) is 16.5 Å². The van der Waals surface area contributed by atoms with Crippen LogP contribution in [0.2, 0.25) is 5.02 Å². The maximum atomic E-state index is 12.2. The monoisotopic (exact) mass is 478 g/mol. The van der Waals surface area contributed by atoms with Crippen LogP contribution in [0.3, 0.4) is 0 Å². The molecule has 0 saturated heterocycles. The molecule has 0 radical (unpaired) electrons. The number of carbonyl (C=O) groups is 2. The van der Waals surface area contributed by atoms with E-state index in [0.717, 1.165) is 51.4 Å². The summed E-state index contributed by atoms with van der Waals surface area (Å²) in [6, 6.07) is 8.51. The normalized spacial score (nSPS) is 10.8. The van der Waals surface area contributed by atoms with Crippen molar-refractivity contribution in [3.8, 4) is 11.5 Å². The molecule has 0 amide bonds. The van der Waals surface area contributed by atoms with Crippen LogP contribution in [0.4, 0.5) is 9.59 Å². The van der Waals surface area contributed by atoms with Gasteiger partial charge in [0.25, 0.3) is 0 Å². The third-order valence-corrected chi connectivity index (χ3v) is 5.51. The maximum Gasteiger partial charge on any atom is 0.513 e. The first-order chi connectivity index (χ1) is 16.1. The number of hydrogen-bond acceptors (Lipinski definition) is 6. The second-order valence-corrected chi connectivity index (χ2v) is 8.37. The van der Waals surface area contributed by atoms with E-state index in [1.54, 1.807) is 24.3 Å². The Balaban J connectivity index is 1.96. The Kier molecular flexibility index (Phi) is 12.5. The Morgan fingerprint density at radius 3 is 1.82 bits per heavy atom. The van der Waals surface area contributed by atoms with Crippen molar-refractivity contribution in [3.05, 3.63) is 35.4 Å². The number of ether oxygens (including phenoxy) is 4. The van der Waals surface area contributed by atoms with Gasteiger partial charge in [-0.25, -0.2) is 9.59 Å². The van der Waals surface area contributed by atoms with Crippen molar-refractivity contribution in [2.45, 2.75) is 78.1 Å². The Morgan fingerprint density at radius 2 is 1.24 bits per heavy atom. The number of rotatable bonds is 14. The van der Waals surface area contributed by atoms with Gasteiger partial charge in [0.05, 0.1) is 18.2 Å². The molecule has 0 aliphatic rings. The number of benzene rings is 2. The molecule has 0 fully saturated rings. The molecule has 0 atom stereocenters. The zero-order valence-electron chi connectivity index (χ0n) is 19.7. The third-order valence-electron chi connectivity index (χ3n) is 5.23. The molecule has 2 aromatic carbocycles. The van der Waals surface area contributed by atoms with Crippen molar-refractivity contribution in [3.63, 3.8) is 0 Å². The van der Waals surface area contributed by atoms with E-state index >= 15 is 0 Å². The van der Waals surface area contributed by atoms with Crippen LogP contribution in [0, 0.1) is 0 Å². The molecular formula is C26H35ClO6. The molecule has 0 bridgehead atoms. The molecule has 7 heteroatoms. The number of carbonyl (C=O) groups excluding carboxylic acids is 2. The molecule has 0 heterocycles. The van der Waals surface area contributed by atoms with E-state index in [4.69, 9.17) is 30.5 Å². The van der Waals surface area contributed by atoms with E-state index in [1.807, 2.05) is 0 Å². The minimum atomic E-state index is -0.811. The summed E-state index contributed by atoms with van der Waals surface area (Å²) in [5, 5.41) is 1.24. The largest absolute Gasteiger partial charge is 0.513 e. The quantitative estimate of drug-likeness (QED) is 0.154. The summed E-state index contributed by atoms with van der Waals surface area (Å²) < 4.78 is 21.1. The van der Waals surface area contributed by atoms with E-state index in [1.165, 1.54) is 18.9 Å². The van der Waals surface area contributed by atoms with Gasteiger partial charge < -0.3 is 18.9 Å². The molecule has 6 nitrogen and oxygen atoms in total. The van der Waals surface area contributed by atoms with Gasteiger partial charge in [-0.3, -0.25) is 0 Å². The number of hydrogen-bond donors (Lipinski definition) is 0. The number of fused-ring (bicyclic) bond motifs is 1. The van der Waals surface area contributed by atoms with Gasteiger partial charge in [-0.2, -0.15) is 0 Å². The fourth-order valence-electron chi connectivity index (χ4n) is 3.43. The van der Waals surface area contributed by atoms with Crippen LogP contribution in [0.15, 0.2) is 30.3 Å². The first kappa shape index (κ1) is 26.8. The molecule has 0 aliphatic carbocycles. The van der Waals surface area contributed by atoms with E-state index in [9.17, 15) is 9.59 Å². The zero-order valence-corrected chi connectivity index (χ0v) is 20.5. The highest BCUT2D eigenvalue weighted by Gasteiger charge is 2.19. The van der Waals surface area contributed by atoms with Gasteiger partial charge >= 0.3 is 12.3 Å². The van der Waals surface area contributed by atoms with Gasteiger partial charge in [-0.1, -0.05) is 101 Å². The summed E-state index contributed by atoms with van der Waals surface area (Å²) in [6.07, 6.45) is 8.91. The first-order valence-corrected chi connectivity index (χ1v) is 12.3. The highest BCUT2D eigenvalue weighted by atomic mass is 35.5. The predicted octanol–water partition coefficient (Wildman–Crippen LogP) is 8.46. The lowest BCUT2D eigenvalue weighted by Crippen LogP contribution is -2.13. The van der Waals surface area contributed by atoms with Gasteiger partial charge in [0.15, 0.2) is 5.75 Å². The summed E-state index contributed by atoms with van der Waals surface area (Å²) in [5.74, 6) is 0.406. The molecule has 182 valence electrons. The number of unbranched alkanes of at least 4 members (excludes halogenated alkanes) is 8. The second kappa shape index (κ2) is 15.4. The van der Waals surface area contributed by atoms with Crippen molar-refractivity contribution in [1.82, 2.24) is 0 Å². The van der Waals surface area contributed by atoms with Crippen molar-refractivity contribution >= 4 is 34.7 Å². The van der Waals surface area contributed by atoms with Crippen LogP contribution in [0.1, 0.15) is 78.1 Å². The molecule has 33 heavy (non-hydrogen) atoms.